The average Bonchev–Trinajstić information content (AvgIpc) is 2.34. The lowest BCUT2D eigenvalue weighted by Gasteiger charge is -2.02. The van der Waals surface area contributed by atoms with Crippen LogP contribution in [0.4, 0.5) is 13.2 Å². The Bertz CT molecular complexity index is 256. The van der Waals surface area contributed by atoms with Gasteiger partial charge in [-0.25, -0.2) is 0 Å². The number of alkyl halides is 3. The van der Waals surface area contributed by atoms with Gasteiger partial charge in [-0.05, 0) is 13.0 Å². The zero-order valence-electron chi connectivity index (χ0n) is 6.06. The van der Waals surface area contributed by atoms with Gasteiger partial charge in [-0.3, -0.25) is 0 Å². The number of halogens is 3. The van der Waals surface area contributed by atoms with E-state index in [9.17, 15) is 13.2 Å². The molecule has 68 valence electrons. The molecule has 0 aromatic carbocycles. The smallest absolute Gasteiger partial charge is 0.351 e. The van der Waals surface area contributed by atoms with Crippen molar-refractivity contribution in [1.82, 2.24) is 5.16 Å². The van der Waals surface area contributed by atoms with E-state index >= 15 is 0 Å². The molecule has 1 aromatic rings. The molecule has 0 aliphatic heterocycles. The molecule has 12 heavy (non-hydrogen) atoms. The van der Waals surface area contributed by atoms with E-state index in [0.29, 0.717) is 0 Å². The minimum Gasteiger partial charge on any atom is -0.351 e. The molecule has 0 saturated carbocycles. The molecule has 0 fully saturated rings. The number of nitrogens with zero attached hydrogens (tertiary/aromatic N) is 1. The monoisotopic (exact) mass is 180 g/mol. The predicted octanol–water partition coefficient (Wildman–Crippen LogP) is 1.19. The maximum absolute atomic E-state index is 12.0. The highest BCUT2D eigenvalue weighted by Gasteiger charge is 2.38. The van der Waals surface area contributed by atoms with E-state index in [4.69, 9.17) is 5.73 Å². The van der Waals surface area contributed by atoms with Gasteiger partial charge in [0.25, 0.3) is 0 Å². The van der Waals surface area contributed by atoms with Crippen LogP contribution < -0.4 is 5.73 Å². The summed E-state index contributed by atoms with van der Waals surface area (Å²) in [6, 6.07) is 0. The summed E-state index contributed by atoms with van der Waals surface area (Å²) < 4.78 is 40.1. The van der Waals surface area contributed by atoms with Crippen molar-refractivity contribution < 1.29 is 17.7 Å². The Morgan fingerprint density at radius 3 is 2.67 bits per heavy atom. The Hall–Kier alpha value is -1.04. The first-order valence-electron chi connectivity index (χ1n) is 3.26. The summed E-state index contributed by atoms with van der Waals surface area (Å²) in [6.45, 7) is 0.143. The summed E-state index contributed by atoms with van der Waals surface area (Å²) in [5.41, 5.74) is 5.10. The minimum atomic E-state index is -4.47. The van der Waals surface area contributed by atoms with Crippen LogP contribution in [0.1, 0.15) is 11.3 Å². The molecule has 3 nitrogen and oxygen atoms in total. The van der Waals surface area contributed by atoms with Gasteiger partial charge >= 0.3 is 6.18 Å². The number of nitrogens with two attached hydrogens (primary N) is 1. The van der Waals surface area contributed by atoms with E-state index < -0.39 is 11.9 Å². The molecule has 1 rings (SSSR count). The summed E-state index contributed by atoms with van der Waals surface area (Å²) in [5.74, 6) is -1.05. The first-order chi connectivity index (χ1) is 5.55. The van der Waals surface area contributed by atoms with E-state index in [1.807, 2.05) is 0 Å². The van der Waals surface area contributed by atoms with Gasteiger partial charge in [-0.2, -0.15) is 13.2 Å². The molecule has 0 saturated heterocycles. The first-order valence-corrected chi connectivity index (χ1v) is 3.26. The molecule has 0 radical (unpaired) electrons. The molecule has 0 bridgehead atoms. The van der Waals surface area contributed by atoms with Gasteiger partial charge in [0, 0.05) is 5.56 Å². The van der Waals surface area contributed by atoms with Gasteiger partial charge in [0.15, 0.2) is 0 Å². The Balaban J connectivity index is 2.91. The molecular formula is C6H7F3N2O. The molecule has 2 N–H and O–H groups in total. The molecule has 0 atom stereocenters. The second kappa shape index (κ2) is 3.14. The largest absolute Gasteiger partial charge is 0.452 e. The van der Waals surface area contributed by atoms with E-state index in [1.165, 1.54) is 0 Å². The third-order valence-electron chi connectivity index (χ3n) is 1.32. The lowest BCUT2D eigenvalue weighted by Crippen LogP contribution is -2.10. The van der Waals surface area contributed by atoms with Gasteiger partial charge in [0.1, 0.15) is 0 Å². The lowest BCUT2D eigenvalue weighted by atomic mass is 10.2. The predicted molar refractivity (Wildman–Crippen MR) is 34.3 cm³/mol. The Labute approximate surface area is 66.3 Å². The quantitative estimate of drug-likeness (QED) is 0.743. The highest BCUT2D eigenvalue weighted by molar-refractivity contribution is 5.16. The molecule has 0 aliphatic carbocycles. The van der Waals surface area contributed by atoms with Crippen molar-refractivity contribution in [3.05, 3.63) is 17.5 Å². The van der Waals surface area contributed by atoms with Gasteiger partial charge in [-0.1, -0.05) is 5.16 Å². The summed E-state index contributed by atoms with van der Waals surface area (Å²) >= 11 is 0. The molecule has 0 amide bonds. The van der Waals surface area contributed by atoms with Crippen LogP contribution >= 0.6 is 0 Å². The fraction of sp³-hybridized carbons (Fsp3) is 0.500. The molecule has 1 aromatic heterocycles. The first kappa shape index (κ1) is 9.05. The molecular weight excluding hydrogens is 173 g/mol. The third kappa shape index (κ3) is 1.76. The number of rotatable bonds is 2. The average molecular weight is 180 g/mol. The standard InChI is InChI=1S/C6H7F3N2O/c7-6(8,9)5-4(1-2-10)3-11-12-5/h3H,1-2,10H2. The SMILES string of the molecule is NCCc1cnoc1C(F)(F)F. The molecule has 1 heterocycles. The van der Waals surface area contributed by atoms with E-state index in [0.717, 1.165) is 6.20 Å². The van der Waals surface area contributed by atoms with Crippen LogP contribution in [-0.2, 0) is 12.6 Å². The minimum absolute atomic E-state index is 0.00463. The van der Waals surface area contributed by atoms with Gasteiger partial charge < -0.3 is 10.3 Å². The van der Waals surface area contributed by atoms with Gasteiger partial charge in [0.05, 0.1) is 6.20 Å². The highest BCUT2D eigenvalue weighted by Crippen LogP contribution is 2.31. The fourth-order valence-corrected chi connectivity index (χ4v) is 0.827. The van der Waals surface area contributed by atoms with E-state index in [2.05, 4.69) is 9.68 Å². The number of hydrogen-bond donors (Lipinski definition) is 1. The van der Waals surface area contributed by atoms with Gasteiger partial charge in [-0.15, -0.1) is 0 Å². The van der Waals surface area contributed by atoms with Crippen molar-refractivity contribution in [2.45, 2.75) is 12.6 Å². The maximum atomic E-state index is 12.0. The molecule has 0 unspecified atom stereocenters. The second-order valence-electron chi connectivity index (χ2n) is 2.22. The van der Waals surface area contributed by atoms with Crippen molar-refractivity contribution in [3.63, 3.8) is 0 Å². The molecule has 0 spiro atoms. The van der Waals surface area contributed by atoms with Crippen LogP contribution in [0.25, 0.3) is 0 Å². The molecule has 6 heteroatoms. The van der Waals surface area contributed by atoms with Crippen molar-refractivity contribution in [1.29, 1.82) is 0 Å². The van der Waals surface area contributed by atoms with Crippen molar-refractivity contribution in [3.8, 4) is 0 Å². The third-order valence-corrected chi connectivity index (χ3v) is 1.32. The van der Waals surface area contributed by atoms with Crippen molar-refractivity contribution in [2.24, 2.45) is 5.73 Å². The summed E-state index contributed by atoms with van der Waals surface area (Å²) in [5, 5.41) is 3.06. The normalized spacial score (nSPS) is 12.0. The van der Waals surface area contributed by atoms with Crippen LogP contribution in [0, 0.1) is 0 Å². The topological polar surface area (TPSA) is 52.0 Å². The summed E-state index contributed by atoms with van der Waals surface area (Å²) in [4.78, 5) is 0. The van der Waals surface area contributed by atoms with E-state index in [-0.39, 0.29) is 18.5 Å². The zero-order valence-corrected chi connectivity index (χ0v) is 6.06. The number of hydrogen-bond acceptors (Lipinski definition) is 3. The number of aromatic nitrogens is 1. The Morgan fingerprint density at radius 1 is 1.50 bits per heavy atom. The highest BCUT2D eigenvalue weighted by atomic mass is 19.4. The summed E-state index contributed by atoms with van der Waals surface area (Å²) in [7, 11) is 0. The maximum Gasteiger partial charge on any atom is 0.452 e. The lowest BCUT2D eigenvalue weighted by molar-refractivity contribution is -0.156. The van der Waals surface area contributed by atoms with Crippen LogP contribution in [0.3, 0.4) is 0 Å². The van der Waals surface area contributed by atoms with Crippen LogP contribution in [0.5, 0.6) is 0 Å². The fourth-order valence-electron chi connectivity index (χ4n) is 0.827. The van der Waals surface area contributed by atoms with Crippen LogP contribution in [-0.4, -0.2) is 11.7 Å². The Morgan fingerprint density at radius 2 is 2.17 bits per heavy atom. The Kier molecular flexibility index (Phi) is 2.37. The molecule has 0 aliphatic rings. The van der Waals surface area contributed by atoms with Crippen molar-refractivity contribution >= 4 is 0 Å². The van der Waals surface area contributed by atoms with Crippen LogP contribution in [0.15, 0.2) is 10.7 Å². The summed E-state index contributed by atoms with van der Waals surface area (Å²) in [6.07, 6.45) is -3.31. The van der Waals surface area contributed by atoms with Crippen LogP contribution in [0.2, 0.25) is 0 Å². The van der Waals surface area contributed by atoms with Gasteiger partial charge in [0.2, 0.25) is 5.76 Å². The van der Waals surface area contributed by atoms with E-state index in [1.54, 1.807) is 0 Å². The zero-order chi connectivity index (χ0) is 9.19. The second-order valence-corrected chi connectivity index (χ2v) is 2.22. The van der Waals surface area contributed by atoms with Crippen molar-refractivity contribution in [2.75, 3.05) is 6.54 Å².